The summed E-state index contributed by atoms with van der Waals surface area (Å²) in [7, 11) is 0. The Labute approximate surface area is 279 Å². The highest BCUT2D eigenvalue weighted by molar-refractivity contribution is 7.99. The van der Waals surface area contributed by atoms with Gasteiger partial charge in [0, 0.05) is 35.6 Å². The van der Waals surface area contributed by atoms with E-state index in [1.165, 1.54) is 12.1 Å². The number of rotatable bonds is 13. The first-order valence-corrected chi connectivity index (χ1v) is 17.0. The first kappa shape index (κ1) is 35.4. The van der Waals surface area contributed by atoms with E-state index in [0.29, 0.717) is 37.1 Å². The zero-order valence-corrected chi connectivity index (χ0v) is 27.3. The summed E-state index contributed by atoms with van der Waals surface area (Å²) in [6, 6.07) is 14.0. The van der Waals surface area contributed by atoms with Gasteiger partial charge in [0.1, 0.15) is 18.0 Å². The van der Waals surface area contributed by atoms with Crippen molar-refractivity contribution in [3.05, 3.63) is 90.3 Å². The van der Waals surface area contributed by atoms with Crippen molar-refractivity contribution in [1.82, 2.24) is 0 Å². The summed E-state index contributed by atoms with van der Waals surface area (Å²) >= 11 is 1.59. The van der Waals surface area contributed by atoms with Gasteiger partial charge in [0.2, 0.25) is 5.91 Å². The maximum absolute atomic E-state index is 13.4. The molecule has 2 aromatic carbocycles. The van der Waals surface area contributed by atoms with E-state index in [1.807, 2.05) is 49.4 Å². The summed E-state index contributed by atoms with van der Waals surface area (Å²) in [6.07, 6.45) is 2.97. The molecule has 0 spiro atoms. The van der Waals surface area contributed by atoms with Gasteiger partial charge in [0.15, 0.2) is 6.29 Å². The smallest absolute Gasteiger partial charge is 0.229 e. The van der Waals surface area contributed by atoms with E-state index in [2.05, 4.69) is 6.58 Å². The number of ether oxygens (including phenoxy) is 3. The molecule has 8 atom stereocenters. The number of nitrogens with zero attached hydrogens (tertiary/aromatic N) is 1. The molecule has 3 aliphatic rings. The van der Waals surface area contributed by atoms with Gasteiger partial charge in [-0.15, -0.1) is 18.3 Å². The van der Waals surface area contributed by atoms with E-state index in [1.54, 1.807) is 28.8 Å². The maximum atomic E-state index is 13.4. The Bertz CT molecular complexity index is 1420. The number of benzene rings is 2. The van der Waals surface area contributed by atoms with E-state index in [-0.39, 0.29) is 43.5 Å². The lowest BCUT2D eigenvalue weighted by molar-refractivity contribution is -0.284. The first-order chi connectivity index (χ1) is 22.7. The molecule has 3 heterocycles. The summed E-state index contributed by atoms with van der Waals surface area (Å²) < 4.78 is 31.1. The van der Waals surface area contributed by atoms with Crippen LogP contribution in [-0.2, 0) is 19.0 Å². The number of carbonyl (C=O) groups is 1. The summed E-state index contributed by atoms with van der Waals surface area (Å²) in [6.45, 7) is 5.33. The van der Waals surface area contributed by atoms with Gasteiger partial charge in [0.25, 0.3) is 0 Å². The Kier molecular flexibility index (Phi) is 12.4. The van der Waals surface area contributed by atoms with Gasteiger partial charge in [-0.3, -0.25) is 4.79 Å². The number of allylic oxidation sites excluding steroid dienone is 4. The van der Waals surface area contributed by atoms with Crippen LogP contribution in [0.2, 0.25) is 0 Å². The lowest BCUT2D eigenvalue weighted by Gasteiger charge is -2.42. The molecule has 3 aliphatic heterocycles. The number of hydrogen-bond donors (Lipinski definition) is 4. The number of anilines is 1. The Balaban J connectivity index is 1.16. The molecule has 1 amide bonds. The molecule has 0 saturated carbocycles. The quantitative estimate of drug-likeness (QED) is 0.106. The van der Waals surface area contributed by atoms with Crippen LogP contribution in [-0.4, -0.2) is 94.3 Å². The van der Waals surface area contributed by atoms with E-state index in [4.69, 9.17) is 14.2 Å². The second kappa shape index (κ2) is 16.5. The third kappa shape index (κ3) is 8.98. The zero-order chi connectivity index (χ0) is 33.5. The standard InChI is InChI=1S/C36H44FNO8S/c1-3-4-24(31-18-34(43)38(31)26-11-9-25(37)10-12-26)6-5-22(2)23-7-13-30(14-8-23)47-21-29-17-32(42)36(33(20-40)44-29)46-35-16-27(41)15-28(19-39)45-35/h3,5-14,27-29,31-33,35-36,39-42H,1,4,15-21H2,2H3/b22-5+,24-6+. The molecular formula is C36H44FNO8S. The summed E-state index contributed by atoms with van der Waals surface area (Å²) in [5.41, 5.74) is 3.83. The highest BCUT2D eigenvalue weighted by Gasteiger charge is 2.42. The molecule has 0 aliphatic carbocycles. The fourth-order valence-electron chi connectivity index (χ4n) is 6.24. The van der Waals surface area contributed by atoms with Gasteiger partial charge in [-0.25, -0.2) is 4.39 Å². The fraction of sp³-hybridized carbons (Fsp3) is 0.472. The minimum absolute atomic E-state index is 0.00486. The summed E-state index contributed by atoms with van der Waals surface area (Å²) in [5, 5.41) is 40.4. The predicted octanol–water partition coefficient (Wildman–Crippen LogP) is 4.38. The Morgan fingerprint density at radius 2 is 1.77 bits per heavy atom. The van der Waals surface area contributed by atoms with Crippen molar-refractivity contribution in [2.75, 3.05) is 23.9 Å². The van der Waals surface area contributed by atoms with Crippen LogP contribution in [0, 0.1) is 5.82 Å². The molecule has 0 aromatic heterocycles. The minimum Gasteiger partial charge on any atom is -0.394 e. The number of amides is 1. The first-order valence-electron chi connectivity index (χ1n) is 16.0. The molecule has 0 radical (unpaired) electrons. The zero-order valence-electron chi connectivity index (χ0n) is 26.5. The fourth-order valence-corrected chi connectivity index (χ4v) is 7.17. The van der Waals surface area contributed by atoms with E-state index in [0.717, 1.165) is 21.6 Å². The van der Waals surface area contributed by atoms with Crippen molar-refractivity contribution in [2.45, 2.75) is 92.9 Å². The molecule has 4 N–H and O–H groups in total. The Morgan fingerprint density at radius 3 is 2.43 bits per heavy atom. The lowest BCUT2D eigenvalue weighted by atomic mass is 9.90. The molecule has 2 aromatic rings. The molecule has 47 heavy (non-hydrogen) atoms. The van der Waals surface area contributed by atoms with Crippen LogP contribution in [0.1, 0.15) is 44.6 Å². The molecule has 5 rings (SSSR count). The largest absolute Gasteiger partial charge is 0.394 e. The SMILES string of the molecule is C=CC/C(=C\C=C(/C)c1ccc(SCC2CC(O)C(OC3CC(O)CC(CO)O3)C(CO)O2)cc1)C1CC(=O)N1c1ccc(F)cc1. The van der Waals surface area contributed by atoms with Gasteiger partial charge in [-0.1, -0.05) is 30.4 Å². The topological polar surface area (TPSA) is 129 Å². The van der Waals surface area contributed by atoms with Crippen molar-refractivity contribution in [3.63, 3.8) is 0 Å². The molecule has 11 heteroatoms. The number of hydrogen-bond acceptors (Lipinski definition) is 9. The average molecular weight is 670 g/mol. The number of aliphatic hydroxyl groups excluding tert-OH is 4. The molecule has 0 bridgehead atoms. The normalized spacial score (nSPS) is 30.3. The Hall–Kier alpha value is -2.87. The maximum Gasteiger partial charge on any atom is 0.229 e. The molecule has 8 unspecified atom stereocenters. The van der Waals surface area contributed by atoms with Crippen molar-refractivity contribution < 1.29 is 43.8 Å². The van der Waals surface area contributed by atoms with Crippen LogP contribution in [0.3, 0.4) is 0 Å². The van der Waals surface area contributed by atoms with Gasteiger partial charge < -0.3 is 39.5 Å². The van der Waals surface area contributed by atoms with Crippen LogP contribution >= 0.6 is 11.8 Å². The van der Waals surface area contributed by atoms with E-state index in [9.17, 15) is 29.6 Å². The number of carbonyl (C=O) groups excluding carboxylic acids is 1. The van der Waals surface area contributed by atoms with Gasteiger partial charge in [-0.2, -0.15) is 0 Å². The lowest BCUT2D eigenvalue weighted by Crippen LogP contribution is -2.54. The minimum atomic E-state index is -0.892. The third-order valence-electron chi connectivity index (χ3n) is 8.81. The molecule has 9 nitrogen and oxygen atoms in total. The van der Waals surface area contributed by atoms with Crippen LogP contribution < -0.4 is 4.90 Å². The highest BCUT2D eigenvalue weighted by Crippen LogP contribution is 2.35. The second-order valence-electron chi connectivity index (χ2n) is 12.3. The third-order valence-corrected chi connectivity index (χ3v) is 9.95. The van der Waals surface area contributed by atoms with Gasteiger partial charge in [0.05, 0.1) is 50.1 Å². The summed E-state index contributed by atoms with van der Waals surface area (Å²) in [4.78, 5) is 15.2. The van der Waals surface area contributed by atoms with Crippen molar-refractivity contribution >= 4 is 28.9 Å². The van der Waals surface area contributed by atoms with Crippen LogP contribution in [0.15, 0.2) is 83.8 Å². The van der Waals surface area contributed by atoms with E-state index >= 15 is 0 Å². The monoisotopic (exact) mass is 669 g/mol. The van der Waals surface area contributed by atoms with Crippen LogP contribution in [0.25, 0.3) is 5.57 Å². The van der Waals surface area contributed by atoms with Crippen molar-refractivity contribution in [1.29, 1.82) is 0 Å². The van der Waals surface area contributed by atoms with Gasteiger partial charge >= 0.3 is 0 Å². The molecule has 254 valence electrons. The predicted molar refractivity (Wildman–Crippen MR) is 178 cm³/mol. The van der Waals surface area contributed by atoms with Crippen molar-refractivity contribution in [2.24, 2.45) is 0 Å². The van der Waals surface area contributed by atoms with Crippen LogP contribution in [0.4, 0.5) is 10.1 Å². The second-order valence-corrected chi connectivity index (χ2v) is 13.4. The number of β-lactam (4-membered cyclic amide) rings is 1. The Morgan fingerprint density at radius 1 is 1.02 bits per heavy atom. The molecule has 3 saturated heterocycles. The average Bonchev–Trinajstić information content (AvgIpc) is 3.06. The highest BCUT2D eigenvalue weighted by atomic mass is 32.2. The molecule has 3 fully saturated rings. The number of thioether (sulfide) groups is 1. The number of halogens is 1. The van der Waals surface area contributed by atoms with Crippen LogP contribution in [0.5, 0.6) is 0 Å². The summed E-state index contributed by atoms with van der Waals surface area (Å²) in [5.74, 6) is 0.230. The number of aliphatic hydroxyl groups is 4. The van der Waals surface area contributed by atoms with E-state index < -0.39 is 36.8 Å². The van der Waals surface area contributed by atoms with Crippen molar-refractivity contribution in [3.8, 4) is 0 Å². The van der Waals surface area contributed by atoms with Gasteiger partial charge in [-0.05, 0) is 66.5 Å². The molecular weight excluding hydrogens is 625 g/mol.